The van der Waals surface area contributed by atoms with Gasteiger partial charge in [-0.15, -0.1) is 0 Å². The van der Waals surface area contributed by atoms with Gasteiger partial charge in [-0.2, -0.15) is 0 Å². The van der Waals surface area contributed by atoms with E-state index in [0.717, 1.165) is 24.7 Å². The van der Waals surface area contributed by atoms with Crippen LogP contribution in [0.5, 0.6) is 0 Å². The Kier molecular flexibility index (Phi) is 5.06. The van der Waals surface area contributed by atoms with E-state index in [4.69, 9.17) is 11.6 Å². The van der Waals surface area contributed by atoms with Gasteiger partial charge in [0.1, 0.15) is 0 Å². The maximum atomic E-state index is 6.00. The van der Waals surface area contributed by atoms with Crippen LogP contribution < -0.4 is 5.32 Å². The Morgan fingerprint density at radius 1 is 1.21 bits per heavy atom. The average Bonchev–Trinajstić information content (AvgIpc) is 2.76. The molecule has 3 heteroatoms. The highest BCUT2D eigenvalue weighted by Gasteiger charge is 2.00. The topological polar surface area (TPSA) is 17.0 Å². The molecule has 2 aromatic rings. The fourth-order valence-corrected chi connectivity index (χ4v) is 2.26. The summed E-state index contributed by atoms with van der Waals surface area (Å²) < 4.78 is 2.19. The Bertz CT molecular complexity index is 517. The zero-order valence-electron chi connectivity index (χ0n) is 11.6. The van der Waals surface area contributed by atoms with E-state index >= 15 is 0 Å². The lowest BCUT2D eigenvalue weighted by Crippen LogP contribution is -2.18. The molecule has 1 N–H and O–H groups in total. The monoisotopic (exact) mass is 276 g/mol. The first-order chi connectivity index (χ1) is 9.13. The molecule has 0 fully saturated rings. The van der Waals surface area contributed by atoms with Gasteiger partial charge in [-0.05, 0) is 41.8 Å². The molecule has 0 saturated carbocycles. The number of hydrogen-bond acceptors (Lipinski definition) is 1. The van der Waals surface area contributed by atoms with E-state index in [1.54, 1.807) is 0 Å². The molecule has 0 spiro atoms. The molecule has 0 unspecified atom stereocenters. The molecular weight excluding hydrogens is 256 g/mol. The zero-order chi connectivity index (χ0) is 13.7. The van der Waals surface area contributed by atoms with Crippen molar-refractivity contribution in [2.75, 3.05) is 6.54 Å². The Morgan fingerprint density at radius 3 is 2.79 bits per heavy atom. The molecule has 1 aromatic heterocycles. The highest BCUT2D eigenvalue weighted by atomic mass is 35.5. The molecular formula is C16H21ClN2. The molecule has 0 aliphatic rings. The van der Waals surface area contributed by atoms with Crippen molar-refractivity contribution in [3.63, 3.8) is 0 Å². The zero-order valence-corrected chi connectivity index (χ0v) is 12.3. The Hall–Kier alpha value is -1.25. The van der Waals surface area contributed by atoms with Crippen LogP contribution in [0.1, 0.15) is 25.0 Å². The van der Waals surface area contributed by atoms with E-state index in [1.165, 1.54) is 11.1 Å². The number of benzene rings is 1. The summed E-state index contributed by atoms with van der Waals surface area (Å²) in [6.45, 7) is 7.29. The number of halogens is 1. The van der Waals surface area contributed by atoms with Gasteiger partial charge in [0.2, 0.25) is 0 Å². The van der Waals surface area contributed by atoms with Crippen LogP contribution in [-0.2, 0) is 13.1 Å². The molecule has 1 aromatic carbocycles. The summed E-state index contributed by atoms with van der Waals surface area (Å²) in [4.78, 5) is 0. The second-order valence-corrected chi connectivity index (χ2v) is 5.78. The largest absolute Gasteiger partial charge is 0.350 e. The molecule has 0 bridgehead atoms. The van der Waals surface area contributed by atoms with E-state index in [1.807, 2.05) is 18.2 Å². The van der Waals surface area contributed by atoms with Gasteiger partial charge in [0, 0.05) is 30.5 Å². The second-order valence-electron chi connectivity index (χ2n) is 5.35. The standard InChI is InChI=1S/C16H21ClN2/c1-13(2)9-18-10-15-6-7-19(12-15)11-14-4-3-5-16(17)8-14/h3-8,12-13,18H,9-11H2,1-2H3. The van der Waals surface area contributed by atoms with Gasteiger partial charge in [-0.1, -0.05) is 37.6 Å². The molecule has 0 atom stereocenters. The van der Waals surface area contributed by atoms with Crippen LogP contribution in [-0.4, -0.2) is 11.1 Å². The predicted molar refractivity (Wildman–Crippen MR) is 81.5 cm³/mol. The van der Waals surface area contributed by atoms with Crippen molar-refractivity contribution in [1.82, 2.24) is 9.88 Å². The third-order valence-electron chi connectivity index (χ3n) is 2.95. The smallest absolute Gasteiger partial charge is 0.0470 e. The molecule has 2 rings (SSSR count). The fourth-order valence-electron chi connectivity index (χ4n) is 2.04. The Morgan fingerprint density at radius 2 is 2.05 bits per heavy atom. The molecule has 0 aliphatic heterocycles. The highest BCUT2D eigenvalue weighted by Crippen LogP contribution is 2.12. The molecule has 1 heterocycles. The third-order valence-corrected chi connectivity index (χ3v) is 3.18. The van der Waals surface area contributed by atoms with Gasteiger partial charge in [0.25, 0.3) is 0 Å². The number of nitrogens with zero attached hydrogens (tertiary/aromatic N) is 1. The summed E-state index contributed by atoms with van der Waals surface area (Å²) in [5.74, 6) is 0.688. The summed E-state index contributed by atoms with van der Waals surface area (Å²) in [5, 5.41) is 4.25. The van der Waals surface area contributed by atoms with E-state index < -0.39 is 0 Å². The summed E-state index contributed by atoms with van der Waals surface area (Å²) >= 11 is 6.00. The predicted octanol–water partition coefficient (Wildman–Crippen LogP) is 3.94. The van der Waals surface area contributed by atoms with Gasteiger partial charge in [0.05, 0.1) is 0 Å². The van der Waals surface area contributed by atoms with Crippen molar-refractivity contribution < 1.29 is 0 Å². The maximum Gasteiger partial charge on any atom is 0.0470 e. The minimum atomic E-state index is 0.688. The van der Waals surface area contributed by atoms with Crippen LogP contribution in [0.25, 0.3) is 0 Å². The first-order valence-electron chi connectivity index (χ1n) is 6.73. The molecule has 102 valence electrons. The molecule has 0 saturated heterocycles. The Labute approximate surface area is 120 Å². The van der Waals surface area contributed by atoms with E-state index in [9.17, 15) is 0 Å². The average molecular weight is 277 g/mol. The van der Waals surface area contributed by atoms with Gasteiger partial charge in [0.15, 0.2) is 0 Å². The molecule has 19 heavy (non-hydrogen) atoms. The number of nitrogens with one attached hydrogen (secondary N) is 1. The minimum Gasteiger partial charge on any atom is -0.350 e. The summed E-state index contributed by atoms with van der Waals surface area (Å²) in [5.41, 5.74) is 2.55. The van der Waals surface area contributed by atoms with Gasteiger partial charge in [-0.3, -0.25) is 0 Å². The van der Waals surface area contributed by atoms with Crippen LogP contribution in [0.15, 0.2) is 42.7 Å². The van der Waals surface area contributed by atoms with Crippen LogP contribution >= 0.6 is 11.6 Å². The van der Waals surface area contributed by atoms with E-state index in [2.05, 4.69) is 48.3 Å². The summed E-state index contributed by atoms with van der Waals surface area (Å²) in [6.07, 6.45) is 4.31. The molecule has 0 aliphatic carbocycles. The summed E-state index contributed by atoms with van der Waals surface area (Å²) in [7, 11) is 0. The third kappa shape index (κ3) is 4.73. The lowest BCUT2D eigenvalue weighted by Gasteiger charge is -2.06. The van der Waals surface area contributed by atoms with Gasteiger partial charge >= 0.3 is 0 Å². The number of rotatable bonds is 6. The van der Waals surface area contributed by atoms with Crippen LogP contribution in [0.2, 0.25) is 5.02 Å². The lowest BCUT2D eigenvalue weighted by molar-refractivity contribution is 0.552. The van der Waals surface area contributed by atoms with Crippen LogP contribution in [0, 0.1) is 5.92 Å². The van der Waals surface area contributed by atoms with Crippen molar-refractivity contribution in [3.05, 3.63) is 58.9 Å². The number of hydrogen-bond donors (Lipinski definition) is 1. The normalized spacial score (nSPS) is 11.2. The Balaban J connectivity index is 1.90. The summed E-state index contributed by atoms with van der Waals surface area (Å²) in [6, 6.07) is 10.2. The van der Waals surface area contributed by atoms with Crippen molar-refractivity contribution in [1.29, 1.82) is 0 Å². The van der Waals surface area contributed by atoms with E-state index in [0.29, 0.717) is 5.92 Å². The lowest BCUT2D eigenvalue weighted by atomic mass is 10.2. The van der Waals surface area contributed by atoms with Crippen LogP contribution in [0.3, 0.4) is 0 Å². The SMILES string of the molecule is CC(C)CNCc1ccn(Cc2cccc(Cl)c2)c1. The van der Waals surface area contributed by atoms with Gasteiger partial charge < -0.3 is 9.88 Å². The fraction of sp³-hybridized carbons (Fsp3) is 0.375. The molecule has 2 nitrogen and oxygen atoms in total. The quantitative estimate of drug-likeness (QED) is 0.846. The molecule has 0 amide bonds. The molecule has 0 radical (unpaired) electrons. The van der Waals surface area contributed by atoms with Crippen LogP contribution in [0.4, 0.5) is 0 Å². The first-order valence-corrected chi connectivity index (χ1v) is 7.11. The second kappa shape index (κ2) is 6.78. The first kappa shape index (κ1) is 14.2. The maximum absolute atomic E-state index is 6.00. The van der Waals surface area contributed by atoms with Crippen molar-refractivity contribution >= 4 is 11.6 Å². The minimum absolute atomic E-state index is 0.688. The van der Waals surface area contributed by atoms with Gasteiger partial charge in [-0.25, -0.2) is 0 Å². The van der Waals surface area contributed by atoms with E-state index in [-0.39, 0.29) is 0 Å². The van der Waals surface area contributed by atoms with Crippen molar-refractivity contribution in [2.24, 2.45) is 5.92 Å². The van der Waals surface area contributed by atoms with Crippen molar-refractivity contribution in [2.45, 2.75) is 26.9 Å². The van der Waals surface area contributed by atoms with Crippen molar-refractivity contribution in [3.8, 4) is 0 Å². The number of aromatic nitrogens is 1. The highest BCUT2D eigenvalue weighted by molar-refractivity contribution is 6.30.